The van der Waals surface area contributed by atoms with Gasteiger partial charge in [-0.2, -0.15) is 0 Å². The minimum atomic E-state index is -1.58. The second-order valence-corrected chi connectivity index (χ2v) is 3.88. The molecule has 0 aliphatic heterocycles. The fourth-order valence-electron chi connectivity index (χ4n) is 1.07. The molecule has 0 aliphatic carbocycles. The first-order valence-corrected chi connectivity index (χ1v) is 6.41. The maximum Gasteiger partial charge on any atom is 0.151 e. The zero-order chi connectivity index (χ0) is 15.1. The van der Waals surface area contributed by atoms with E-state index in [1.54, 1.807) is 0 Å². The largest absolute Gasteiger partial charge is 0.377 e. The molecule has 0 N–H and O–H groups in total. The topological polar surface area (TPSA) is 36.9 Å². The maximum atomic E-state index is 12.4. The van der Waals surface area contributed by atoms with Crippen LogP contribution in [-0.2, 0) is 18.9 Å². The zero-order valence-electron chi connectivity index (χ0n) is 11.4. The normalized spacial score (nSPS) is 14.4. The van der Waals surface area contributed by atoms with Gasteiger partial charge in [0.2, 0.25) is 0 Å². The summed E-state index contributed by atoms with van der Waals surface area (Å²) in [5.41, 5.74) is 0. The number of rotatable bonds is 15. The maximum absolute atomic E-state index is 12.4. The van der Waals surface area contributed by atoms with E-state index >= 15 is 0 Å². The van der Waals surface area contributed by atoms with Gasteiger partial charge in [-0.05, 0) is 0 Å². The second kappa shape index (κ2) is 15.0. The van der Waals surface area contributed by atoms with Crippen molar-refractivity contribution in [1.82, 2.24) is 0 Å². The predicted octanol–water partition coefficient (Wildman–Crippen LogP) is 1.67. The molecule has 8 heteroatoms. The third-order valence-corrected chi connectivity index (χ3v) is 2.05. The molecule has 0 heterocycles. The predicted molar refractivity (Wildman–Crippen MR) is 65.0 cm³/mol. The van der Waals surface area contributed by atoms with E-state index in [-0.39, 0.29) is 39.6 Å². The van der Waals surface area contributed by atoms with E-state index < -0.39 is 25.7 Å². The summed E-state index contributed by atoms with van der Waals surface area (Å²) in [6.45, 7) is -1.11. The molecule has 20 heavy (non-hydrogen) atoms. The van der Waals surface area contributed by atoms with Crippen molar-refractivity contribution in [3.05, 3.63) is 0 Å². The van der Waals surface area contributed by atoms with Crippen LogP contribution in [0, 0.1) is 0 Å². The van der Waals surface area contributed by atoms with Gasteiger partial charge >= 0.3 is 0 Å². The third-order valence-electron chi connectivity index (χ3n) is 2.05. The van der Waals surface area contributed by atoms with Gasteiger partial charge in [0.25, 0.3) is 0 Å². The fourth-order valence-corrected chi connectivity index (χ4v) is 1.07. The van der Waals surface area contributed by atoms with Crippen LogP contribution in [0.25, 0.3) is 0 Å². The quantitative estimate of drug-likeness (QED) is 0.341. The molecule has 122 valence electrons. The molecule has 0 rings (SSSR count). The summed E-state index contributed by atoms with van der Waals surface area (Å²) >= 11 is 0. The van der Waals surface area contributed by atoms with Gasteiger partial charge < -0.3 is 18.9 Å². The van der Waals surface area contributed by atoms with Crippen LogP contribution in [0.4, 0.5) is 17.6 Å². The Bertz CT molecular complexity index is 180. The van der Waals surface area contributed by atoms with E-state index in [9.17, 15) is 17.6 Å². The molecular weight excluding hydrogens is 284 g/mol. The van der Waals surface area contributed by atoms with Gasteiger partial charge in [0.05, 0.1) is 52.9 Å². The average Bonchev–Trinajstić information content (AvgIpc) is 2.47. The molecule has 2 unspecified atom stereocenters. The number of hydrogen-bond acceptors (Lipinski definition) is 4. The van der Waals surface area contributed by atoms with Gasteiger partial charge in [0.1, 0.15) is 13.3 Å². The highest BCUT2D eigenvalue weighted by atomic mass is 19.2. The van der Waals surface area contributed by atoms with Crippen LogP contribution in [0.2, 0.25) is 0 Å². The summed E-state index contributed by atoms with van der Waals surface area (Å²) < 4.78 is 67.9. The van der Waals surface area contributed by atoms with E-state index in [4.69, 9.17) is 18.9 Å². The van der Waals surface area contributed by atoms with E-state index in [2.05, 4.69) is 0 Å². The standard InChI is InChI=1S/C12H22F4O4/c13-7-11(15)9-19-5-3-17-1-2-18-4-6-20-10-12(16)8-14/h11-12H,1-10H2. The van der Waals surface area contributed by atoms with Crippen molar-refractivity contribution in [3.8, 4) is 0 Å². The van der Waals surface area contributed by atoms with Gasteiger partial charge in [-0.15, -0.1) is 0 Å². The molecule has 0 saturated heterocycles. The smallest absolute Gasteiger partial charge is 0.151 e. The Labute approximate surface area is 116 Å². The summed E-state index contributed by atoms with van der Waals surface area (Å²) in [6, 6.07) is 0. The molecule has 0 aliphatic rings. The monoisotopic (exact) mass is 306 g/mol. The average molecular weight is 306 g/mol. The zero-order valence-corrected chi connectivity index (χ0v) is 11.4. The lowest BCUT2D eigenvalue weighted by molar-refractivity contribution is -0.0147. The van der Waals surface area contributed by atoms with Gasteiger partial charge in [-0.25, -0.2) is 17.6 Å². The van der Waals surface area contributed by atoms with Crippen molar-refractivity contribution in [2.24, 2.45) is 0 Å². The number of halogens is 4. The van der Waals surface area contributed by atoms with Crippen LogP contribution in [0.5, 0.6) is 0 Å². The van der Waals surface area contributed by atoms with Crippen molar-refractivity contribution in [2.45, 2.75) is 12.3 Å². The molecular formula is C12H22F4O4. The highest BCUT2D eigenvalue weighted by Crippen LogP contribution is 1.93. The van der Waals surface area contributed by atoms with Crippen LogP contribution in [-0.4, -0.2) is 78.5 Å². The first-order valence-electron chi connectivity index (χ1n) is 6.41. The van der Waals surface area contributed by atoms with Crippen molar-refractivity contribution >= 4 is 0 Å². The minimum absolute atomic E-state index is 0.185. The lowest BCUT2D eigenvalue weighted by atomic mass is 10.4. The van der Waals surface area contributed by atoms with Crippen LogP contribution in [0.3, 0.4) is 0 Å². The number of ether oxygens (including phenoxy) is 4. The molecule has 0 aromatic carbocycles. The van der Waals surface area contributed by atoms with Crippen molar-refractivity contribution in [1.29, 1.82) is 0 Å². The Hall–Kier alpha value is -0.440. The molecule has 0 bridgehead atoms. The number of hydrogen-bond donors (Lipinski definition) is 0. The highest BCUT2D eigenvalue weighted by molar-refractivity contribution is 4.50. The van der Waals surface area contributed by atoms with E-state index in [1.807, 2.05) is 0 Å². The van der Waals surface area contributed by atoms with Crippen molar-refractivity contribution < 1.29 is 36.5 Å². The summed E-state index contributed by atoms with van der Waals surface area (Å²) in [5.74, 6) is 0. The van der Waals surface area contributed by atoms with Gasteiger partial charge in [0.15, 0.2) is 12.3 Å². The molecule has 0 aromatic heterocycles. The lowest BCUT2D eigenvalue weighted by Gasteiger charge is -2.08. The Morgan fingerprint density at radius 1 is 0.550 bits per heavy atom. The molecule has 2 atom stereocenters. The summed E-state index contributed by atoms with van der Waals surface area (Å²) in [5, 5.41) is 0. The Morgan fingerprint density at radius 2 is 0.850 bits per heavy atom. The molecule has 0 fully saturated rings. The van der Waals surface area contributed by atoms with Crippen molar-refractivity contribution in [3.63, 3.8) is 0 Å². The lowest BCUT2D eigenvalue weighted by Crippen LogP contribution is -2.17. The van der Waals surface area contributed by atoms with Crippen LogP contribution < -0.4 is 0 Å². The molecule has 0 saturated carbocycles. The molecule has 0 spiro atoms. The Balaban J connectivity index is 3.03. The summed E-state index contributed by atoms with van der Waals surface area (Å²) in [7, 11) is 0. The first kappa shape index (κ1) is 19.6. The molecule has 0 aromatic rings. The summed E-state index contributed by atoms with van der Waals surface area (Å²) in [4.78, 5) is 0. The third kappa shape index (κ3) is 14.0. The van der Waals surface area contributed by atoms with Crippen LogP contribution in [0.15, 0.2) is 0 Å². The molecule has 4 nitrogen and oxygen atoms in total. The SMILES string of the molecule is FCC(F)COCCOCCOCCOCC(F)CF. The van der Waals surface area contributed by atoms with Gasteiger partial charge in [-0.1, -0.05) is 0 Å². The molecule has 0 amide bonds. The Morgan fingerprint density at radius 3 is 1.15 bits per heavy atom. The summed E-state index contributed by atoms with van der Waals surface area (Å²) in [6.07, 6.45) is -3.17. The van der Waals surface area contributed by atoms with E-state index in [0.717, 1.165) is 0 Å². The fraction of sp³-hybridized carbons (Fsp3) is 1.00. The van der Waals surface area contributed by atoms with Crippen molar-refractivity contribution in [2.75, 3.05) is 66.2 Å². The van der Waals surface area contributed by atoms with Crippen LogP contribution >= 0.6 is 0 Å². The van der Waals surface area contributed by atoms with Crippen LogP contribution in [0.1, 0.15) is 0 Å². The van der Waals surface area contributed by atoms with E-state index in [1.165, 1.54) is 0 Å². The van der Waals surface area contributed by atoms with Gasteiger partial charge in [-0.3, -0.25) is 0 Å². The Kier molecular flexibility index (Phi) is 14.6. The molecule has 0 radical (unpaired) electrons. The number of alkyl halides is 4. The van der Waals surface area contributed by atoms with Gasteiger partial charge in [0, 0.05) is 0 Å². The highest BCUT2D eigenvalue weighted by Gasteiger charge is 2.05. The first-order chi connectivity index (χ1) is 9.70. The second-order valence-electron chi connectivity index (χ2n) is 3.88. The van der Waals surface area contributed by atoms with E-state index in [0.29, 0.717) is 13.2 Å². The minimum Gasteiger partial charge on any atom is -0.377 e.